The Morgan fingerprint density at radius 3 is 2.52 bits per heavy atom. The minimum atomic E-state index is -3.56. The van der Waals surface area contributed by atoms with Crippen LogP contribution in [0.1, 0.15) is 31.6 Å². The molecule has 2 aromatic carbocycles. The van der Waals surface area contributed by atoms with Gasteiger partial charge in [-0.2, -0.15) is 4.31 Å². The lowest BCUT2D eigenvalue weighted by atomic mass is 10.2. The van der Waals surface area contributed by atoms with E-state index in [4.69, 9.17) is 16.0 Å². The lowest BCUT2D eigenvalue weighted by Gasteiger charge is -2.18. The summed E-state index contributed by atoms with van der Waals surface area (Å²) in [6, 6.07) is 14.2. The quantitative estimate of drug-likeness (QED) is 0.434. The van der Waals surface area contributed by atoms with Gasteiger partial charge in [-0.1, -0.05) is 61.5 Å². The zero-order valence-corrected chi connectivity index (χ0v) is 18.8. The van der Waals surface area contributed by atoms with Gasteiger partial charge in [0.1, 0.15) is 0 Å². The number of benzene rings is 2. The molecule has 0 spiro atoms. The van der Waals surface area contributed by atoms with Gasteiger partial charge >= 0.3 is 0 Å². The maximum Gasteiger partial charge on any atom is 0.277 e. The Hall–Kier alpha value is -1.87. The molecule has 1 aromatic heterocycles. The van der Waals surface area contributed by atoms with Gasteiger partial charge in [-0.3, -0.25) is 0 Å². The summed E-state index contributed by atoms with van der Waals surface area (Å²) < 4.78 is 32.7. The number of hydrogen-bond acceptors (Lipinski definition) is 6. The molecule has 3 rings (SSSR count). The fourth-order valence-electron chi connectivity index (χ4n) is 2.90. The van der Waals surface area contributed by atoms with E-state index in [1.54, 1.807) is 24.3 Å². The van der Waals surface area contributed by atoms with Crippen LogP contribution >= 0.6 is 23.4 Å². The first-order valence-electron chi connectivity index (χ1n) is 9.22. The van der Waals surface area contributed by atoms with Crippen LogP contribution in [0.4, 0.5) is 0 Å². The molecule has 1 unspecified atom stereocenters. The Morgan fingerprint density at radius 1 is 1.10 bits per heavy atom. The topological polar surface area (TPSA) is 76.3 Å². The van der Waals surface area contributed by atoms with Crippen LogP contribution in [0, 0.1) is 0 Å². The minimum Gasteiger partial charge on any atom is -0.411 e. The molecule has 3 aromatic rings. The van der Waals surface area contributed by atoms with Crippen molar-refractivity contribution in [3.8, 4) is 11.5 Å². The number of aromatic nitrogens is 2. The molecule has 0 saturated heterocycles. The summed E-state index contributed by atoms with van der Waals surface area (Å²) in [6.07, 6.45) is 0. The van der Waals surface area contributed by atoms with E-state index in [0.717, 1.165) is 5.56 Å². The number of nitrogens with zero attached hydrogens (tertiary/aromatic N) is 3. The summed E-state index contributed by atoms with van der Waals surface area (Å²) in [5.74, 6) is 0.274. The predicted molar refractivity (Wildman–Crippen MR) is 116 cm³/mol. The van der Waals surface area contributed by atoms with Gasteiger partial charge in [-0.15, -0.1) is 10.2 Å². The lowest BCUT2D eigenvalue weighted by Crippen LogP contribution is -2.30. The highest BCUT2D eigenvalue weighted by Crippen LogP contribution is 2.38. The largest absolute Gasteiger partial charge is 0.411 e. The number of rotatable bonds is 8. The summed E-state index contributed by atoms with van der Waals surface area (Å²) in [7, 11) is -3.56. The molecular weight excluding hydrogens is 430 g/mol. The lowest BCUT2D eigenvalue weighted by molar-refractivity contribution is 0.445. The molecule has 0 radical (unpaired) electrons. The van der Waals surface area contributed by atoms with E-state index >= 15 is 0 Å². The SMILES string of the molecule is CCN(CC)S(=O)(=O)c1cccc(-c2nnc(SC(C)c3ccccc3Cl)o2)c1. The van der Waals surface area contributed by atoms with Gasteiger partial charge in [0.05, 0.1) is 4.90 Å². The van der Waals surface area contributed by atoms with Gasteiger partial charge in [-0.05, 0) is 36.8 Å². The Balaban J connectivity index is 1.83. The zero-order chi connectivity index (χ0) is 21.0. The number of thioether (sulfide) groups is 1. The minimum absolute atomic E-state index is 0.0198. The van der Waals surface area contributed by atoms with Gasteiger partial charge in [-0.25, -0.2) is 8.42 Å². The van der Waals surface area contributed by atoms with Crippen LogP contribution in [0.2, 0.25) is 5.02 Å². The molecule has 0 aliphatic heterocycles. The van der Waals surface area contributed by atoms with Crippen molar-refractivity contribution in [3.63, 3.8) is 0 Å². The average Bonchev–Trinajstić information content (AvgIpc) is 3.17. The van der Waals surface area contributed by atoms with E-state index in [-0.39, 0.29) is 16.0 Å². The standard InChI is InChI=1S/C20H22ClN3O3S2/c1-4-24(5-2)29(25,26)16-10-8-9-15(13-16)19-22-23-20(27-19)28-14(3)17-11-6-7-12-18(17)21/h6-14H,4-5H2,1-3H3. The van der Waals surface area contributed by atoms with Crippen molar-refractivity contribution in [1.29, 1.82) is 0 Å². The molecule has 1 atom stereocenters. The first-order chi connectivity index (χ1) is 13.9. The van der Waals surface area contributed by atoms with Gasteiger partial charge < -0.3 is 4.42 Å². The molecule has 1 heterocycles. The molecule has 0 bridgehead atoms. The van der Waals surface area contributed by atoms with Gasteiger partial charge in [0.25, 0.3) is 5.22 Å². The van der Waals surface area contributed by atoms with E-state index in [2.05, 4.69) is 10.2 Å². The van der Waals surface area contributed by atoms with Crippen LogP contribution in [-0.4, -0.2) is 36.0 Å². The summed E-state index contributed by atoms with van der Waals surface area (Å²) >= 11 is 7.65. The fourth-order valence-corrected chi connectivity index (χ4v) is 5.61. The summed E-state index contributed by atoms with van der Waals surface area (Å²) in [5, 5.41) is 9.27. The van der Waals surface area contributed by atoms with Crippen molar-refractivity contribution < 1.29 is 12.8 Å². The highest BCUT2D eigenvalue weighted by Gasteiger charge is 2.23. The first kappa shape index (κ1) is 21.8. The molecule has 0 N–H and O–H groups in total. The Bertz CT molecular complexity index is 1080. The normalized spacial score (nSPS) is 13.0. The van der Waals surface area contributed by atoms with E-state index in [1.165, 1.54) is 16.1 Å². The van der Waals surface area contributed by atoms with E-state index in [0.29, 0.717) is 28.9 Å². The van der Waals surface area contributed by atoms with Crippen LogP contribution in [0.25, 0.3) is 11.5 Å². The van der Waals surface area contributed by atoms with Crippen molar-refractivity contribution in [2.75, 3.05) is 13.1 Å². The van der Waals surface area contributed by atoms with E-state index in [9.17, 15) is 8.42 Å². The Morgan fingerprint density at radius 2 is 1.83 bits per heavy atom. The van der Waals surface area contributed by atoms with Gasteiger partial charge in [0.15, 0.2) is 0 Å². The molecular formula is C20H22ClN3O3S2. The summed E-state index contributed by atoms with van der Waals surface area (Å²) in [5.41, 5.74) is 1.54. The zero-order valence-electron chi connectivity index (χ0n) is 16.4. The van der Waals surface area contributed by atoms with Crippen LogP contribution < -0.4 is 0 Å². The number of halogens is 1. The third-order valence-electron chi connectivity index (χ3n) is 4.45. The van der Waals surface area contributed by atoms with Crippen molar-refractivity contribution in [1.82, 2.24) is 14.5 Å². The summed E-state index contributed by atoms with van der Waals surface area (Å²) in [4.78, 5) is 0.204. The molecule has 6 nitrogen and oxygen atoms in total. The number of sulfonamides is 1. The monoisotopic (exact) mass is 451 g/mol. The maximum atomic E-state index is 12.8. The van der Waals surface area contributed by atoms with Crippen LogP contribution in [-0.2, 0) is 10.0 Å². The van der Waals surface area contributed by atoms with Crippen molar-refractivity contribution in [3.05, 3.63) is 59.1 Å². The molecule has 0 aliphatic carbocycles. The second kappa shape index (κ2) is 9.30. The molecule has 0 saturated carbocycles. The van der Waals surface area contributed by atoms with E-state index in [1.807, 2.05) is 45.0 Å². The molecule has 29 heavy (non-hydrogen) atoms. The van der Waals surface area contributed by atoms with Crippen molar-refractivity contribution in [2.24, 2.45) is 0 Å². The van der Waals surface area contributed by atoms with Gasteiger partial charge in [0, 0.05) is 28.9 Å². The first-order valence-corrected chi connectivity index (χ1v) is 11.9. The Labute approximate surface area is 180 Å². The van der Waals surface area contributed by atoms with Crippen LogP contribution in [0.15, 0.2) is 63.1 Å². The third-order valence-corrected chi connectivity index (χ3v) is 7.82. The average molecular weight is 452 g/mol. The summed E-state index contributed by atoms with van der Waals surface area (Å²) in [6.45, 7) is 6.45. The Kier molecular flexibility index (Phi) is 7.00. The molecule has 9 heteroatoms. The second-order valence-corrected chi connectivity index (χ2v) is 9.91. The van der Waals surface area contributed by atoms with Crippen molar-refractivity contribution in [2.45, 2.75) is 36.1 Å². The maximum absolute atomic E-state index is 12.8. The van der Waals surface area contributed by atoms with E-state index < -0.39 is 10.0 Å². The molecule has 0 amide bonds. The number of hydrogen-bond donors (Lipinski definition) is 0. The molecule has 154 valence electrons. The smallest absolute Gasteiger partial charge is 0.277 e. The fraction of sp³-hybridized carbons (Fsp3) is 0.300. The second-order valence-electron chi connectivity index (χ2n) is 6.27. The van der Waals surface area contributed by atoms with Crippen molar-refractivity contribution >= 4 is 33.4 Å². The highest BCUT2D eigenvalue weighted by molar-refractivity contribution is 7.99. The molecule has 0 fully saturated rings. The highest BCUT2D eigenvalue weighted by atomic mass is 35.5. The van der Waals surface area contributed by atoms with Gasteiger partial charge in [0.2, 0.25) is 15.9 Å². The molecule has 0 aliphatic rings. The third kappa shape index (κ3) is 4.83. The van der Waals surface area contributed by atoms with Crippen LogP contribution in [0.3, 0.4) is 0 Å². The predicted octanol–water partition coefficient (Wildman–Crippen LogP) is 5.27. The van der Waals surface area contributed by atoms with Crippen LogP contribution in [0.5, 0.6) is 0 Å².